The van der Waals surface area contributed by atoms with E-state index in [1.165, 1.54) is 0 Å². The van der Waals surface area contributed by atoms with Crippen LogP contribution >= 0.6 is 8.60 Å². The van der Waals surface area contributed by atoms with Gasteiger partial charge in [-0.3, -0.25) is 0 Å². The van der Waals surface area contributed by atoms with Crippen LogP contribution in [0.5, 0.6) is 0 Å². The van der Waals surface area contributed by atoms with Crippen LogP contribution in [0.25, 0.3) is 0 Å². The van der Waals surface area contributed by atoms with Crippen LogP contribution in [0.15, 0.2) is 0 Å². The molecule has 0 aliphatic heterocycles. The maximum absolute atomic E-state index is 7.23. The van der Waals surface area contributed by atoms with E-state index in [2.05, 4.69) is 0 Å². The summed E-state index contributed by atoms with van der Waals surface area (Å²) in [6.45, 7) is 0. The molecule has 0 aromatic carbocycles. The maximum atomic E-state index is 7.23. The summed E-state index contributed by atoms with van der Waals surface area (Å²) in [5, 5.41) is 0. The van der Waals surface area contributed by atoms with E-state index in [9.17, 15) is 0 Å². The summed E-state index contributed by atoms with van der Waals surface area (Å²) in [4.78, 5) is 21.7. The summed E-state index contributed by atoms with van der Waals surface area (Å²) in [6, 6.07) is 0. The van der Waals surface area contributed by atoms with Crippen molar-refractivity contribution in [3.63, 3.8) is 0 Å². The van der Waals surface area contributed by atoms with Gasteiger partial charge in [-0.2, -0.15) is 0 Å². The van der Waals surface area contributed by atoms with Crippen molar-refractivity contribution in [2.45, 2.75) is 0 Å². The van der Waals surface area contributed by atoms with Gasteiger partial charge in [0.25, 0.3) is 0 Å². The second kappa shape index (κ2) is 5.66. The third kappa shape index (κ3) is 27.5. The summed E-state index contributed by atoms with van der Waals surface area (Å²) in [7, 11) is -2.62. The third-order valence-corrected chi connectivity index (χ3v) is 0. The first kappa shape index (κ1) is 9.83. The molecule has 0 aliphatic rings. The van der Waals surface area contributed by atoms with E-state index >= 15 is 0 Å². The van der Waals surface area contributed by atoms with Crippen LogP contribution in [0.4, 0.5) is 0 Å². The fourth-order valence-electron chi connectivity index (χ4n) is 0. The normalized spacial score (nSPS) is 7.20. The van der Waals surface area contributed by atoms with E-state index < -0.39 is 8.60 Å². The standard InChI is InChI=1S/Nd.H3O3P/c;1-4(2)3/h;1-3H. The van der Waals surface area contributed by atoms with Gasteiger partial charge in [0.1, 0.15) is 0 Å². The molecule has 0 unspecified atom stereocenters. The minimum absolute atomic E-state index is 0. The van der Waals surface area contributed by atoms with Crippen molar-refractivity contribution in [2.24, 2.45) is 0 Å². The molecule has 0 rings (SSSR count). The van der Waals surface area contributed by atoms with Gasteiger partial charge in [0.05, 0.1) is 0 Å². The van der Waals surface area contributed by atoms with Gasteiger partial charge in [-0.25, -0.2) is 0 Å². The number of rotatable bonds is 0. The molecule has 0 aromatic rings. The average molecular weight is 226 g/mol. The monoisotopic (exact) mass is 224 g/mol. The number of hydrogen-bond donors (Lipinski definition) is 3. The quantitative estimate of drug-likeness (QED) is 0.473. The second-order valence-corrected chi connectivity index (χ2v) is 0.805. The fourth-order valence-corrected chi connectivity index (χ4v) is 0. The predicted molar refractivity (Wildman–Crippen MR) is 13.6 cm³/mol. The molecule has 0 atom stereocenters. The minimum Gasteiger partial charge on any atom is -0.328 e. The van der Waals surface area contributed by atoms with Crippen molar-refractivity contribution in [3.05, 3.63) is 0 Å². The minimum atomic E-state index is -2.62. The molecular formula is H3NdO3P. The Morgan fingerprint density at radius 3 is 1.00 bits per heavy atom. The topological polar surface area (TPSA) is 60.7 Å². The van der Waals surface area contributed by atoms with Gasteiger partial charge in [0, 0.05) is 40.8 Å². The zero-order valence-corrected chi connectivity index (χ0v) is 6.39. The molecule has 0 amide bonds. The van der Waals surface area contributed by atoms with Crippen LogP contribution in [-0.2, 0) is 0 Å². The van der Waals surface area contributed by atoms with Gasteiger partial charge in [0.15, 0.2) is 0 Å². The maximum Gasteiger partial charge on any atom is 0.324 e. The van der Waals surface area contributed by atoms with Gasteiger partial charge in [-0.15, -0.1) is 0 Å². The fraction of sp³-hybridized carbons (Fsp3) is 0. The van der Waals surface area contributed by atoms with E-state index in [1.54, 1.807) is 0 Å². The molecule has 0 bridgehead atoms. The summed E-state index contributed by atoms with van der Waals surface area (Å²) in [5.41, 5.74) is 0. The molecule has 3 nitrogen and oxygen atoms in total. The van der Waals surface area contributed by atoms with Crippen molar-refractivity contribution < 1.29 is 55.5 Å². The Morgan fingerprint density at radius 1 is 1.00 bits per heavy atom. The van der Waals surface area contributed by atoms with E-state index in [0.29, 0.717) is 0 Å². The third-order valence-electron chi connectivity index (χ3n) is 0. The molecule has 0 radical (unpaired) electrons. The average Bonchev–Trinajstić information content (AvgIpc) is 0.811. The molecule has 0 saturated carbocycles. The van der Waals surface area contributed by atoms with Crippen LogP contribution in [-0.4, -0.2) is 14.7 Å². The Bertz CT molecular complexity index is 11.6. The summed E-state index contributed by atoms with van der Waals surface area (Å²) < 4.78 is 0. The predicted octanol–water partition coefficient (Wildman–Crippen LogP) is -0.810. The van der Waals surface area contributed by atoms with Gasteiger partial charge in [-0.05, 0) is 0 Å². The first-order valence-corrected chi connectivity index (χ1v) is 1.80. The Labute approximate surface area is 63.5 Å². The molecular weight excluding hydrogens is 223 g/mol. The molecule has 0 saturated heterocycles. The summed E-state index contributed by atoms with van der Waals surface area (Å²) in [5.74, 6) is 0. The molecule has 5 heteroatoms. The molecule has 0 aromatic heterocycles. The van der Waals surface area contributed by atoms with Crippen LogP contribution in [0.3, 0.4) is 0 Å². The SMILES string of the molecule is OP(O)O.[Nd]. The van der Waals surface area contributed by atoms with Crippen molar-refractivity contribution >= 4 is 8.60 Å². The van der Waals surface area contributed by atoms with Crippen molar-refractivity contribution in [1.29, 1.82) is 0 Å². The Morgan fingerprint density at radius 2 is 1.00 bits per heavy atom. The van der Waals surface area contributed by atoms with Crippen LogP contribution in [0.2, 0.25) is 0 Å². The van der Waals surface area contributed by atoms with E-state index in [0.717, 1.165) is 0 Å². The Hall–Kier alpha value is 1.66. The van der Waals surface area contributed by atoms with E-state index in [1.807, 2.05) is 0 Å². The van der Waals surface area contributed by atoms with Crippen LogP contribution < -0.4 is 0 Å². The Balaban J connectivity index is 0. The van der Waals surface area contributed by atoms with Gasteiger partial charge < -0.3 is 14.7 Å². The van der Waals surface area contributed by atoms with Crippen LogP contribution in [0.1, 0.15) is 0 Å². The first-order chi connectivity index (χ1) is 1.73. The summed E-state index contributed by atoms with van der Waals surface area (Å²) >= 11 is 0. The Kier molecular flexibility index (Phi) is 11.1. The van der Waals surface area contributed by atoms with E-state index in [-0.39, 0.29) is 40.8 Å². The molecule has 0 aliphatic carbocycles. The number of hydrogen-bond acceptors (Lipinski definition) is 3. The zero-order valence-electron chi connectivity index (χ0n) is 2.29. The summed E-state index contributed by atoms with van der Waals surface area (Å²) in [6.07, 6.45) is 0. The van der Waals surface area contributed by atoms with Gasteiger partial charge >= 0.3 is 8.60 Å². The van der Waals surface area contributed by atoms with Crippen LogP contribution in [0, 0.1) is 40.8 Å². The van der Waals surface area contributed by atoms with Gasteiger partial charge in [0.2, 0.25) is 0 Å². The van der Waals surface area contributed by atoms with Crippen molar-refractivity contribution in [3.8, 4) is 0 Å². The largest absolute Gasteiger partial charge is 0.328 e. The molecule has 3 N–H and O–H groups in total. The molecule has 0 spiro atoms. The molecule has 5 heavy (non-hydrogen) atoms. The molecule has 0 heterocycles. The van der Waals surface area contributed by atoms with Crippen molar-refractivity contribution in [1.82, 2.24) is 0 Å². The smallest absolute Gasteiger partial charge is 0.324 e. The zero-order chi connectivity index (χ0) is 3.58. The first-order valence-electron chi connectivity index (χ1n) is 0.600. The second-order valence-electron chi connectivity index (χ2n) is 0.268. The molecule has 30 valence electrons. The molecule has 0 fully saturated rings. The van der Waals surface area contributed by atoms with E-state index in [4.69, 9.17) is 14.7 Å². The van der Waals surface area contributed by atoms with Gasteiger partial charge in [-0.1, -0.05) is 0 Å². The van der Waals surface area contributed by atoms with Crippen molar-refractivity contribution in [2.75, 3.05) is 0 Å².